The SMILES string of the molecule is CC(C)COc1ccc(/C(O)=C2/C(=O)C(=O)N(CCc3ccc(F)cc3)C2c2ccco2)cc1. The molecule has 7 heteroatoms. The molecule has 1 aliphatic rings. The fraction of sp³-hybridized carbons (Fsp3) is 0.259. The third kappa shape index (κ3) is 4.88. The number of halogens is 1. The van der Waals surface area contributed by atoms with E-state index in [0.29, 0.717) is 36.0 Å². The lowest BCUT2D eigenvalue weighted by atomic mass is 9.99. The zero-order chi connectivity index (χ0) is 24.2. The van der Waals surface area contributed by atoms with Crippen molar-refractivity contribution in [1.29, 1.82) is 0 Å². The van der Waals surface area contributed by atoms with Gasteiger partial charge >= 0.3 is 0 Å². The summed E-state index contributed by atoms with van der Waals surface area (Å²) in [5.41, 5.74) is 1.18. The first-order chi connectivity index (χ1) is 16.3. The van der Waals surface area contributed by atoms with Gasteiger partial charge in [0, 0.05) is 12.1 Å². The van der Waals surface area contributed by atoms with E-state index < -0.39 is 17.7 Å². The van der Waals surface area contributed by atoms with Crippen molar-refractivity contribution in [2.45, 2.75) is 26.3 Å². The Morgan fingerprint density at radius 1 is 1.09 bits per heavy atom. The van der Waals surface area contributed by atoms with Crippen molar-refractivity contribution in [3.8, 4) is 5.75 Å². The molecule has 0 radical (unpaired) electrons. The molecule has 4 rings (SSSR count). The Bertz CT molecular complexity index is 1180. The van der Waals surface area contributed by atoms with Crippen LogP contribution in [0, 0.1) is 11.7 Å². The highest BCUT2D eigenvalue weighted by Crippen LogP contribution is 2.39. The molecule has 2 heterocycles. The van der Waals surface area contributed by atoms with E-state index in [0.717, 1.165) is 5.56 Å². The number of aliphatic hydroxyl groups excluding tert-OH is 1. The Kier molecular flexibility index (Phi) is 6.82. The van der Waals surface area contributed by atoms with Gasteiger partial charge in [-0.25, -0.2) is 4.39 Å². The lowest BCUT2D eigenvalue weighted by molar-refractivity contribution is -0.140. The van der Waals surface area contributed by atoms with Crippen molar-refractivity contribution in [3.05, 3.63) is 95.2 Å². The molecule has 1 amide bonds. The smallest absolute Gasteiger partial charge is 0.295 e. The number of hydrogen-bond acceptors (Lipinski definition) is 5. The molecule has 1 saturated heterocycles. The van der Waals surface area contributed by atoms with Crippen LogP contribution in [0.15, 0.2) is 76.9 Å². The Labute approximate surface area is 197 Å². The Hall–Kier alpha value is -3.87. The number of furan rings is 1. The second-order valence-electron chi connectivity index (χ2n) is 8.61. The van der Waals surface area contributed by atoms with Crippen LogP contribution in [0.2, 0.25) is 0 Å². The van der Waals surface area contributed by atoms with Gasteiger partial charge in [-0.15, -0.1) is 0 Å². The van der Waals surface area contributed by atoms with Crippen LogP contribution in [0.25, 0.3) is 5.76 Å². The molecule has 1 aromatic heterocycles. The molecule has 1 aliphatic heterocycles. The first-order valence-corrected chi connectivity index (χ1v) is 11.1. The van der Waals surface area contributed by atoms with Gasteiger partial charge in [0.1, 0.15) is 29.1 Å². The van der Waals surface area contributed by atoms with Gasteiger partial charge in [0.25, 0.3) is 11.7 Å². The number of likely N-dealkylation sites (tertiary alicyclic amines) is 1. The number of rotatable bonds is 8. The Morgan fingerprint density at radius 2 is 1.79 bits per heavy atom. The number of Topliss-reactive ketones (excluding diaryl/α,β-unsaturated/α-hetero) is 1. The minimum absolute atomic E-state index is 0.0325. The fourth-order valence-corrected chi connectivity index (χ4v) is 3.88. The van der Waals surface area contributed by atoms with Gasteiger partial charge < -0.3 is 19.2 Å². The van der Waals surface area contributed by atoms with Crippen LogP contribution in [-0.2, 0) is 16.0 Å². The first kappa shape index (κ1) is 23.3. The largest absolute Gasteiger partial charge is 0.507 e. The highest BCUT2D eigenvalue weighted by atomic mass is 19.1. The summed E-state index contributed by atoms with van der Waals surface area (Å²) in [4.78, 5) is 27.3. The number of ketones is 1. The minimum Gasteiger partial charge on any atom is -0.507 e. The summed E-state index contributed by atoms with van der Waals surface area (Å²) < 4.78 is 24.4. The van der Waals surface area contributed by atoms with E-state index in [9.17, 15) is 19.1 Å². The number of hydrogen-bond donors (Lipinski definition) is 1. The maximum absolute atomic E-state index is 13.2. The Balaban J connectivity index is 1.65. The summed E-state index contributed by atoms with van der Waals surface area (Å²) in [7, 11) is 0. The van der Waals surface area contributed by atoms with Crippen molar-refractivity contribution >= 4 is 17.4 Å². The lowest BCUT2D eigenvalue weighted by Gasteiger charge is -2.23. The van der Waals surface area contributed by atoms with Crippen LogP contribution in [0.3, 0.4) is 0 Å². The van der Waals surface area contributed by atoms with Crippen LogP contribution in [0.5, 0.6) is 5.75 Å². The van der Waals surface area contributed by atoms with Crippen molar-refractivity contribution in [2.24, 2.45) is 5.92 Å². The molecule has 0 bridgehead atoms. The number of carbonyl (C=O) groups excluding carboxylic acids is 2. The van der Waals surface area contributed by atoms with E-state index >= 15 is 0 Å². The quantitative estimate of drug-likeness (QED) is 0.285. The molecule has 1 fully saturated rings. The normalized spacial score (nSPS) is 17.5. The molecule has 0 aliphatic carbocycles. The van der Waals surface area contributed by atoms with Gasteiger partial charge in [-0.05, 0) is 66.4 Å². The highest BCUT2D eigenvalue weighted by molar-refractivity contribution is 6.46. The van der Waals surface area contributed by atoms with Gasteiger partial charge in [0.2, 0.25) is 0 Å². The molecule has 0 saturated carbocycles. The second-order valence-corrected chi connectivity index (χ2v) is 8.61. The maximum atomic E-state index is 13.2. The number of amides is 1. The standard InChI is InChI=1S/C27H26FNO5/c1-17(2)16-34-21-11-7-19(8-12-21)25(30)23-24(22-4-3-15-33-22)29(27(32)26(23)31)14-13-18-5-9-20(28)10-6-18/h3-12,15,17,24,30H,13-14,16H2,1-2H3/b25-23-. The third-order valence-electron chi connectivity index (χ3n) is 5.62. The Morgan fingerprint density at radius 3 is 2.41 bits per heavy atom. The van der Waals surface area contributed by atoms with E-state index in [4.69, 9.17) is 9.15 Å². The number of ether oxygens (including phenoxy) is 1. The van der Waals surface area contributed by atoms with Crippen LogP contribution in [-0.4, -0.2) is 34.8 Å². The number of nitrogens with zero attached hydrogens (tertiary/aromatic N) is 1. The summed E-state index contributed by atoms with van der Waals surface area (Å²) in [6.45, 7) is 4.84. The molecular weight excluding hydrogens is 437 g/mol. The predicted octanol–water partition coefficient (Wildman–Crippen LogP) is 5.12. The van der Waals surface area contributed by atoms with Crippen molar-refractivity contribution in [2.75, 3.05) is 13.2 Å². The molecule has 1 atom stereocenters. The van der Waals surface area contributed by atoms with Crippen LogP contribution in [0.4, 0.5) is 4.39 Å². The average Bonchev–Trinajstić information content (AvgIpc) is 3.44. The summed E-state index contributed by atoms with van der Waals surface area (Å²) in [6.07, 6.45) is 1.86. The van der Waals surface area contributed by atoms with E-state index in [2.05, 4.69) is 0 Å². The van der Waals surface area contributed by atoms with E-state index in [1.807, 2.05) is 13.8 Å². The predicted molar refractivity (Wildman–Crippen MR) is 125 cm³/mol. The molecule has 2 aromatic carbocycles. The number of aliphatic hydroxyl groups is 1. The van der Waals surface area contributed by atoms with Gasteiger partial charge in [-0.2, -0.15) is 0 Å². The summed E-state index contributed by atoms with van der Waals surface area (Å²) >= 11 is 0. The minimum atomic E-state index is -0.868. The van der Waals surface area contributed by atoms with Gasteiger partial charge in [-0.3, -0.25) is 9.59 Å². The summed E-state index contributed by atoms with van der Waals surface area (Å²) in [5.74, 6) is -0.739. The van der Waals surface area contributed by atoms with E-state index in [1.165, 1.54) is 23.3 Å². The van der Waals surface area contributed by atoms with Crippen LogP contribution < -0.4 is 4.74 Å². The monoisotopic (exact) mass is 463 g/mol. The maximum Gasteiger partial charge on any atom is 0.295 e. The van der Waals surface area contributed by atoms with E-state index in [-0.39, 0.29) is 23.7 Å². The van der Waals surface area contributed by atoms with Gasteiger partial charge in [0.05, 0.1) is 18.4 Å². The highest BCUT2D eigenvalue weighted by Gasteiger charge is 2.47. The van der Waals surface area contributed by atoms with Gasteiger partial charge in [-0.1, -0.05) is 26.0 Å². The first-order valence-electron chi connectivity index (χ1n) is 11.1. The zero-order valence-electron chi connectivity index (χ0n) is 19.0. The van der Waals surface area contributed by atoms with Crippen LogP contribution in [0.1, 0.15) is 36.8 Å². The van der Waals surface area contributed by atoms with E-state index in [1.54, 1.807) is 48.5 Å². The topological polar surface area (TPSA) is 80.0 Å². The van der Waals surface area contributed by atoms with Crippen molar-refractivity contribution in [1.82, 2.24) is 4.90 Å². The lowest BCUT2D eigenvalue weighted by Crippen LogP contribution is -2.31. The molecule has 34 heavy (non-hydrogen) atoms. The summed E-state index contributed by atoms with van der Waals surface area (Å²) in [5, 5.41) is 11.1. The average molecular weight is 464 g/mol. The second kappa shape index (κ2) is 9.95. The molecule has 1 unspecified atom stereocenters. The fourth-order valence-electron chi connectivity index (χ4n) is 3.88. The van der Waals surface area contributed by atoms with Crippen molar-refractivity contribution < 1.29 is 28.2 Å². The number of carbonyl (C=O) groups is 2. The number of benzene rings is 2. The molecular formula is C27H26FNO5. The van der Waals surface area contributed by atoms with Gasteiger partial charge in [0.15, 0.2) is 0 Å². The molecule has 1 N–H and O–H groups in total. The summed E-state index contributed by atoms with van der Waals surface area (Å²) in [6, 6.07) is 15.2. The van der Waals surface area contributed by atoms with Crippen molar-refractivity contribution in [3.63, 3.8) is 0 Å². The van der Waals surface area contributed by atoms with Crippen LogP contribution >= 0.6 is 0 Å². The third-order valence-corrected chi connectivity index (χ3v) is 5.62. The molecule has 6 nitrogen and oxygen atoms in total. The molecule has 3 aromatic rings. The molecule has 176 valence electrons. The molecule has 0 spiro atoms. The zero-order valence-corrected chi connectivity index (χ0v) is 19.0.